The molecule has 12 nitrogen and oxygen atoms in total. The fourth-order valence-electron chi connectivity index (χ4n) is 3.79. The van der Waals surface area contributed by atoms with Crippen LogP contribution in [0.4, 0.5) is 0 Å². The molecule has 30 heteroatoms. The molecule has 5 heterocycles. The molecule has 0 aromatic carbocycles. The van der Waals surface area contributed by atoms with Crippen molar-refractivity contribution in [2.45, 2.75) is 89.9 Å². The molecule has 0 aromatic heterocycles. The van der Waals surface area contributed by atoms with Crippen LogP contribution >= 0.6 is 37.0 Å². The third-order valence-electron chi connectivity index (χ3n) is 5.90. The van der Waals surface area contributed by atoms with Crippen molar-refractivity contribution < 1.29 is 307 Å². The number of hydrogen-bond acceptors (Lipinski definition) is 7. The second-order valence-corrected chi connectivity index (χ2v) is 11.5. The summed E-state index contributed by atoms with van der Waals surface area (Å²) in [7, 11) is 8.93. The minimum absolute atomic E-state index is 0. The Labute approximate surface area is 669 Å². The van der Waals surface area contributed by atoms with E-state index in [9.17, 15) is 14.4 Å². The molecule has 0 bridgehead atoms. The van der Waals surface area contributed by atoms with Gasteiger partial charge in [0.1, 0.15) is 0 Å². The van der Waals surface area contributed by atoms with Gasteiger partial charge in [0.25, 0.3) is 0 Å². The molecule has 3 amide bonds. The molecule has 6 fully saturated rings. The maximum Gasteiger partial charge on any atom is 2.00 e. The summed E-state index contributed by atoms with van der Waals surface area (Å²) < 4.78 is 0. The van der Waals surface area contributed by atoms with Crippen LogP contribution in [-0.4, -0.2) is 89.8 Å². The van der Waals surface area contributed by atoms with E-state index in [2.05, 4.69) is 93.4 Å². The van der Waals surface area contributed by atoms with Gasteiger partial charge in [-0.05, 0) is 32.7 Å². The zero-order chi connectivity index (χ0) is 42.2. The van der Waals surface area contributed by atoms with Crippen molar-refractivity contribution in [3.63, 3.8) is 0 Å². The first kappa shape index (κ1) is 191. The SMILES string of the molecule is O=[C-]N1[CH-]CCC1.O=[C-]N1[CH-]CCC1.O=[C-]N1[CH-]CCC1.O=[C-]O.O=[C-]O.[CH-]1CCCC1.[CH-]1CCCN1.[CH-]1CCCN1.[CH-]=CP.[CH-]=CP.[CH-]=CP.[CH-]=CP.[CH3-].[CH3-].[CH3-].[CH3-].[CH3-].[CH3-].[CH3-].[CH3-].[CH3-].[V+2].[V+2].[V+2].[V+2].[V+2].[V+2].[V+2].[V+2].[V+2].[W+2].[W+2].[W].[W].[W]. The fraction of sp³-hybridized carbons (Fsp3) is 0.404. The monoisotopic (exact) mass is 2340 g/mol. The first-order valence-corrected chi connectivity index (χ1v) is 19.8. The summed E-state index contributed by atoms with van der Waals surface area (Å²) in [4.78, 5) is 50.5. The van der Waals surface area contributed by atoms with Crippen molar-refractivity contribution in [3.8, 4) is 0 Å². The summed E-state index contributed by atoms with van der Waals surface area (Å²) in [5, 5.41) is 19.7. The molecule has 0 spiro atoms. The summed E-state index contributed by atoms with van der Waals surface area (Å²) in [6.07, 6.45) is 25.0. The first-order valence-electron chi connectivity index (χ1n) is 17.2. The molecule has 1 saturated carbocycles. The average molecular weight is 2340 g/mol. The third kappa shape index (κ3) is 227. The van der Waals surface area contributed by atoms with Crippen molar-refractivity contribution in [1.29, 1.82) is 0 Å². The summed E-state index contributed by atoms with van der Waals surface area (Å²) in [6.45, 7) is 34.5. The quantitative estimate of drug-likeness (QED) is 0.159. The fourth-order valence-corrected chi connectivity index (χ4v) is 3.79. The molecule has 4 atom stereocenters. The Morgan fingerprint density at radius 1 is 0.390 bits per heavy atom. The van der Waals surface area contributed by atoms with E-state index in [0.29, 0.717) is 12.9 Å². The molecule has 1 aliphatic carbocycles. The molecular formula is C47H91N5O7P4V9W5-2. The molecule has 77 heavy (non-hydrogen) atoms. The largest absolute Gasteiger partial charge is 2.00 e. The van der Waals surface area contributed by atoms with E-state index in [4.69, 9.17) is 19.8 Å². The number of rotatable bonds is 3. The van der Waals surface area contributed by atoms with E-state index >= 15 is 0 Å². The van der Waals surface area contributed by atoms with Gasteiger partial charge in [0.05, 0.1) is 0 Å². The number of nitrogens with one attached hydrogen (secondary N) is 2. The van der Waals surface area contributed by atoms with Gasteiger partial charge in [0.15, 0.2) is 0 Å². The van der Waals surface area contributed by atoms with Crippen molar-refractivity contribution in [2.75, 3.05) is 32.7 Å². The third-order valence-corrected chi connectivity index (χ3v) is 5.90. The zero-order valence-electron chi connectivity index (χ0n) is 46.7. The molecule has 4 unspecified atom stereocenters. The van der Waals surface area contributed by atoms with E-state index in [1.54, 1.807) is 33.9 Å². The van der Waals surface area contributed by atoms with Crippen LogP contribution in [-0.2, 0) is 296 Å². The van der Waals surface area contributed by atoms with Gasteiger partial charge in [-0.3, -0.25) is 56.0 Å². The molecular weight excluding hydrogens is 2250 g/mol. The number of carbonyl (C=O) groups excluding carboxylic acids is 3. The van der Waals surface area contributed by atoms with Crippen molar-refractivity contribution in [1.82, 2.24) is 25.3 Å². The summed E-state index contributed by atoms with van der Waals surface area (Å²) in [6, 6.07) is 0. The van der Waals surface area contributed by atoms with Gasteiger partial charge < -0.3 is 159 Å². The zero-order valence-corrected chi connectivity index (χ0v) is 78.5. The van der Waals surface area contributed by atoms with Gasteiger partial charge in [-0.2, -0.15) is 101 Å². The Hall–Kier alpha value is 6.65. The van der Waals surface area contributed by atoms with Crippen molar-refractivity contribution in [2.24, 2.45) is 0 Å². The van der Waals surface area contributed by atoms with E-state index in [-0.39, 0.29) is 339 Å². The van der Waals surface area contributed by atoms with Crippen LogP contribution in [0.25, 0.3) is 0 Å². The molecule has 443 valence electrons. The smallest absolute Gasteiger partial charge is 0.666 e. The number of amides is 3. The second kappa shape index (κ2) is 207. The van der Waals surface area contributed by atoms with Crippen LogP contribution in [0.2, 0.25) is 0 Å². The van der Waals surface area contributed by atoms with E-state index < -0.39 is 0 Å². The second-order valence-electron chi connectivity index (χ2n) is 9.95. The van der Waals surface area contributed by atoms with Crippen LogP contribution in [0.5, 0.6) is 0 Å². The van der Waals surface area contributed by atoms with Gasteiger partial charge in [-0.1, -0.05) is 57.9 Å². The Kier molecular flexibility index (Phi) is 513. The Bertz CT molecular complexity index is 707. The summed E-state index contributed by atoms with van der Waals surface area (Å²) in [5.41, 5.74) is 0. The molecule has 4 N–H and O–H groups in total. The minimum atomic E-state index is 0. The van der Waals surface area contributed by atoms with Crippen LogP contribution in [0.3, 0.4) is 0 Å². The van der Waals surface area contributed by atoms with Gasteiger partial charge in [-0.25, -0.2) is 0 Å². The number of nitrogens with zero attached hydrogens (tertiary/aromatic N) is 3. The Morgan fingerprint density at radius 2 is 0.571 bits per heavy atom. The minimum Gasteiger partial charge on any atom is -0.666 e. The molecule has 0 aromatic rings. The summed E-state index contributed by atoms with van der Waals surface area (Å²) in [5.74, 6) is 5.67. The van der Waals surface area contributed by atoms with Gasteiger partial charge in [0.2, 0.25) is 0 Å². The van der Waals surface area contributed by atoms with Crippen LogP contribution in [0, 0.1) is 132 Å². The van der Waals surface area contributed by atoms with E-state index in [0.717, 1.165) is 58.2 Å². The predicted molar refractivity (Wildman–Crippen MR) is 292 cm³/mol. The van der Waals surface area contributed by atoms with Crippen molar-refractivity contribution in [3.05, 3.63) is 156 Å². The predicted octanol–water partition coefficient (Wildman–Crippen LogP) is 10.2. The number of aliphatic hydroxyl groups excluding tert-OH is 2. The Morgan fingerprint density at radius 3 is 0.623 bits per heavy atom. The Balaban J connectivity index is -0.0000000119. The van der Waals surface area contributed by atoms with Gasteiger partial charge in [0, 0.05) is 63.2 Å². The van der Waals surface area contributed by atoms with Gasteiger partial charge >= 0.3 is 209 Å². The maximum atomic E-state index is 9.78. The van der Waals surface area contributed by atoms with E-state index in [1.807, 2.05) is 19.6 Å². The normalized spacial score (nSPS) is 11.2. The maximum absolute atomic E-state index is 9.78. The van der Waals surface area contributed by atoms with Crippen LogP contribution in [0.15, 0.2) is 23.3 Å². The molecule has 9 radical (unpaired) electrons. The summed E-state index contributed by atoms with van der Waals surface area (Å²) >= 11 is 0. The van der Waals surface area contributed by atoms with Gasteiger partial charge in [-0.15, -0.1) is 0 Å². The standard InChI is InChI=1S/3C5H7NO.C5H9.2C4H8N.4C2H4P.2CHO2.9CH3.9V.5W/c3*7-5-6-3-1-2-4-6;3*1-2-4-5-3-1;4*1-2-3;2*2-1-3;;;;;;;;;;;;;;;;;;;;;;;/h3*3H,1-2,4H2;1H,2-5H2;2*3,5H,1-2,4H2;4*1-2H,3H2;2*(H,2,3);9*1H3;;;;;;;;;;;;;;/q3*-2;18*-1;9*+2;;;;2*+2. The number of likely N-dealkylation sites (tertiary alicyclic amines) is 3. The average Bonchev–Trinajstić information content (AvgIpc) is 4.05. The van der Waals surface area contributed by atoms with Crippen molar-refractivity contribution >= 4 is 69.1 Å². The van der Waals surface area contributed by atoms with E-state index in [1.165, 1.54) is 87.7 Å². The topological polar surface area (TPSA) is 160 Å². The molecule has 6 aliphatic rings. The molecule has 5 aliphatic heterocycles. The van der Waals surface area contributed by atoms with Crippen LogP contribution in [0.1, 0.15) is 89.9 Å². The number of hydrogen-bond donors (Lipinski definition) is 4. The molecule has 5 saturated heterocycles. The van der Waals surface area contributed by atoms with Crippen LogP contribution < -0.4 is 10.6 Å². The molecule has 6 rings (SSSR count). The first-order chi connectivity index (χ1) is 26.3.